The predicted octanol–water partition coefficient (Wildman–Crippen LogP) is 3.56. The molecule has 34 heavy (non-hydrogen) atoms. The predicted molar refractivity (Wildman–Crippen MR) is 120 cm³/mol. The molecule has 0 bridgehead atoms. The van der Waals surface area contributed by atoms with Gasteiger partial charge in [0.25, 0.3) is 0 Å². The number of nitrogens with zero attached hydrogens (tertiary/aromatic N) is 1. The number of rotatable bonds is 10. The van der Waals surface area contributed by atoms with Crippen LogP contribution in [0.1, 0.15) is 36.8 Å². The molecule has 1 amide bonds. The molecule has 0 aromatic heterocycles. The van der Waals surface area contributed by atoms with Crippen LogP contribution in [0.3, 0.4) is 0 Å². The molecular weight excluding hydrogens is 471 g/mol. The van der Waals surface area contributed by atoms with Crippen molar-refractivity contribution in [2.75, 3.05) is 19.6 Å². The van der Waals surface area contributed by atoms with Crippen LogP contribution in [-0.2, 0) is 27.9 Å². The number of benzene rings is 2. The van der Waals surface area contributed by atoms with Crippen LogP contribution in [0, 0.1) is 0 Å². The molecule has 2 N–H and O–H groups in total. The van der Waals surface area contributed by atoms with Crippen LogP contribution in [0.15, 0.2) is 53.4 Å². The Hall–Kier alpha value is -2.63. The monoisotopic (exact) mass is 499 g/mol. The quantitative estimate of drug-likeness (QED) is 0.522. The maximum Gasteiger partial charge on any atom is 0.573 e. The van der Waals surface area contributed by atoms with Crippen molar-refractivity contribution in [1.82, 2.24) is 14.9 Å². The van der Waals surface area contributed by atoms with Crippen LogP contribution in [0.2, 0.25) is 0 Å². The Balaban J connectivity index is 1.45. The maximum atomic E-state index is 12.3. The highest BCUT2D eigenvalue weighted by molar-refractivity contribution is 7.89. The Morgan fingerprint density at radius 3 is 2.26 bits per heavy atom. The number of sulfonamides is 1. The smallest absolute Gasteiger partial charge is 0.406 e. The van der Waals surface area contributed by atoms with Gasteiger partial charge in [0.2, 0.25) is 15.9 Å². The highest BCUT2D eigenvalue weighted by atomic mass is 32.2. The van der Waals surface area contributed by atoms with E-state index in [1.807, 2.05) is 18.2 Å². The number of nitrogens with one attached hydrogen (secondary N) is 2. The second-order valence-corrected chi connectivity index (χ2v) is 9.82. The summed E-state index contributed by atoms with van der Waals surface area (Å²) in [6.07, 6.45) is -1.29. The lowest BCUT2D eigenvalue weighted by atomic mass is 10.0. The van der Waals surface area contributed by atoms with Crippen molar-refractivity contribution < 1.29 is 31.1 Å². The van der Waals surface area contributed by atoms with E-state index in [9.17, 15) is 26.4 Å². The fraction of sp³-hybridized carbons (Fsp3) is 0.435. The van der Waals surface area contributed by atoms with Crippen LogP contribution in [0.5, 0.6) is 5.75 Å². The van der Waals surface area contributed by atoms with Crippen LogP contribution in [0.4, 0.5) is 13.2 Å². The van der Waals surface area contributed by atoms with Crippen molar-refractivity contribution >= 4 is 15.9 Å². The van der Waals surface area contributed by atoms with Gasteiger partial charge in [0.1, 0.15) is 5.75 Å². The number of carbonyl (C=O) groups excluding carboxylic acids is 1. The molecule has 2 aromatic carbocycles. The van der Waals surface area contributed by atoms with E-state index >= 15 is 0 Å². The Labute approximate surface area is 197 Å². The van der Waals surface area contributed by atoms with Crippen LogP contribution in [-0.4, -0.2) is 45.2 Å². The zero-order chi connectivity index (χ0) is 24.6. The maximum absolute atomic E-state index is 12.3. The third-order valence-electron chi connectivity index (χ3n) is 5.45. The number of alkyl halides is 3. The van der Waals surface area contributed by atoms with E-state index in [0.29, 0.717) is 6.54 Å². The number of carbonyl (C=O) groups is 1. The summed E-state index contributed by atoms with van der Waals surface area (Å²) in [6.45, 7) is 3.16. The summed E-state index contributed by atoms with van der Waals surface area (Å²) in [5, 5.41) is 2.82. The first-order valence-electron chi connectivity index (χ1n) is 11.0. The van der Waals surface area contributed by atoms with Crippen molar-refractivity contribution in [3.05, 3.63) is 59.7 Å². The van der Waals surface area contributed by atoms with Gasteiger partial charge in [-0.25, -0.2) is 13.1 Å². The Kier molecular flexibility index (Phi) is 8.92. The highest BCUT2D eigenvalue weighted by Crippen LogP contribution is 2.24. The van der Waals surface area contributed by atoms with Gasteiger partial charge in [0, 0.05) is 26.1 Å². The molecule has 1 heterocycles. The van der Waals surface area contributed by atoms with Gasteiger partial charge < -0.3 is 10.1 Å². The zero-order valence-corrected chi connectivity index (χ0v) is 19.4. The summed E-state index contributed by atoms with van der Waals surface area (Å²) in [7, 11) is -3.98. The normalized spacial score (nSPS) is 15.1. The fourth-order valence-electron chi connectivity index (χ4n) is 3.73. The molecule has 0 spiro atoms. The van der Waals surface area contributed by atoms with Gasteiger partial charge in [0.05, 0.1) is 4.90 Å². The first kappa shape index (κ1) is 26.0. The number of hydrogen-bond donors (Lipinski definition) is 2. The number of piperidine rings is 1. The first-order valence-corrected chi connectivity index (χ1v) is 12.5. The number of hydrogen-bond acceptors (Lipinski definition) is 5. The van der Waals surface area contributed by atoms with Gasteiger partial charge >= 0.3 is 6.36 Å². The molecule has 0 unspecified atom stereocenters. The molecule has 0 atom stereocenters. The molecule has 186 valence electrons. The molecule has 1 aliphatic heterocycles. The van der Waals surface area contributed by atoms with E-state index < -0.39 is 22.1 Å². The highest BCUT2D eigenvalue weighted by Gasteiger charge is 2.31. The van der Waals surface area contributed by atoms with Gasteiger partial charge in [-0.2, -0.15) is 0 Å². The SMILES string of the molecule is O=C(CCNS(=O)(=O)c1ccc(OC(F)(F)F)cc1)NCc1ccccc1CN1CCCCC1. The lowest BCUT2D eigenvalue weighted by Gasteiger charge is -2.27. The van der Waals surface area contributed by atoms with E-state index in [-0.39, 0.29) is 23.8 Å². The minimum atomic E-state index is -4.86. The van der Waals surface area contributed by atoms with Crippen molar-refractivity contribution in [2.45, 2.75) is 50.0 Å². The topological polar surface area (TPSA) is 87.7 Å². The molecule has 0 radical (unpaired) electrons. The summed E-state index contributed by atoms with van der Waals surface area (Å²) in [6, 6.07) is 11.7. The summed E-state index contributed by atoms with van der Waals surface area (Å²) >= 11 is 0. The van der Waals surface area contributed by atoms with E-state index in [0.717, 1.165) is 55.0 Å². The van der Waals surface area contributed by atoms with Crippen molar-refractivity contribution in [3.8, 4) is 5.75 Å². The van der Waals surface area contributed by atoms with Crippen LogP contribution in [0.25, 0.3) is 0 Å². The van der Waals surface area contributed by atoms with E-state index in [1.165, 1.54) is 19.3 Å². The average Bonchev–Trinajstić information content (AvgIpc) is 2.78. The lowest BCUT2D eigenvalue weighted by molar-refractivity contribution is -0.274. The van der Waals surface area contributed by atoms with E-state index in [4.69, 9.17) is 0 Å². The number of likely N-dealkylation sites (tertiary alicyclic amines) is 1. The summed E-state index contributed by atoms with van der Waals surface area (Å²) in [5.74, 6) is -0.837. The van der Waals surface area contributed by atoms with Crippen molar-refractivity contribution in [1.29, 1.82) is 0 Å². The summed E-state index contributed by atoms with van der Waals surface area (Å²) in [4.78, 5) is 14.4. The fourth-order valence-corrected chi connectivity index (χ4v) is 4.76. The minimum absolute atomic E-state index is 0.0806. The second kappa shape index (κ2) is 11.7. The Bertz CT molecular complexity index is 1050. The van der Waals surface area contributed by atoms with Crippen LogP contribution >= 0.6 is 0 Å². The number of amides is 1. The molecule has 0 saturated carbocycles. The van der Waals surface area contributed by atoms with Gasteiger partial charge in [-0.3, -0.25) is 9.69 Å². The molecule has 2 aromatic rings. The van der Waals surface area contributed by atoms with Gasteiger partial charge in [-0.1, -0.05) is 30.7 Å². The molecule has 3 rings (SSSR count). The van der Waals surface area contributed by atoms with Gasteiger partial charge in [0.15, 0.2) is 0 Å². The molecule has 7 nitrogen and oxygen atoms in total. The first-order chi connectivity index (χ1) is 16.1. The molecular formula is C23H28F3N3O4S. The molecule has 0 aliphatic carbocycles. The summed E-state index contributed by atoms with van der Waals surface area (Å²) in [5.41, 5.74) is 2.17. The van der Waals surface area contributed by atoms with Gasteiger partial charge in [-0.15, -0.1) is 13.2 Å². The Morgan fingerprint density at radius 1 is 0.971 bits per heavy atom. The molecule has 1 saturated heterocycles. The van der Waals surface area contributed by atoms with Crippen molar-refractivity contribution in [3.63, 3.8) is 0 Å². The number of ether oxygens (including phenoxy) is 1. The molecule has 11 heteroatoms. The second-order valence-electron chi connectivity index (χ2n) is 8.05. The minimum Gasteiger partial charge on any atom is -0.406 e. The van der Waals surface area contributed by atoms with Crippen LogP contribution < -0.4 is 14.8 Å². The number of halogens is 3. The third-order valence-corrected chi connectivity index (χ3v) is 6.93. The largest absolute Gasteiger partial charge is 0.573 e. The van der Waals surface area contributed by atoms with E-state index in [2.05, 4.69) is 25.7 Å². The third kappa shape index (κ3) is 8.30. The average molecular weight is 500 g/mol. The van der Waals surface area contributed by atoms with Gasteiger partial charge in [-0.05, 0) is 61.3 Å². The zero-order valence-electron chi connectivity index (χ0n) is 18.6. The van der Waals surface area contributed by atoms with E-state index in [1.54, 1.807) is 0 Å². The summed E-state index contributed by atoms with van der Waals surface area (Å²) < 4.78 is 67.3. The molecule has 1 aliphatic rings. The lowest BCUT2D eigenvalue weighted by Crippen LogP contribution is -2.31. The van der Waals surface area contributed by atoms with Crippen molar-refractivity contribution in [2.24, 2.45) is 0 Å². The molecule has 1 fully saturated rings. The standard InChI is InChI=1S/C23H28F3N3O4S/c24-23(25,26)33-20-8-10-21(11-9-20)34(31,32)28-13-12-22(30)27-16-18-6-2-3-7-19(18)17-29-14-4-1-5-15-29/h2-3,6-11,28H,1,4-5,12-17H2,(H,27,30). The Morgan fingerprint density at radius 2 is 1.62 bits per heavy atom.